The third-order valence-electron chi connectivity index (χ3n) is 4.15. The Hall–Kier alpha value is -2.18. The predicted octanol–water partition coefficient (Wildman–Crippen LogP) is 4.57. The molecule has 1 saturated carbocycles. The van der Waals surface area contributed by atoms with Gasteiger partial charge in [-0.2, -0.15) is 0 Å². The average molecular weight is 374 g/mol. The minimum atomic E-state index is -0.234. The van der Waals surface area contributed by atoms with E-state index in [0.29, 0.717) is 23.2 Å². The molecule has 5 nitrogen and oxygen atoms in total. The van der Waals surface area contributed by atoms with Gasteiger partial charge in [0.05, 0.1) is 17.3 Å². The van der Waals surface area contributed by atoms with Gasteiger partial charge in [-0.1, -0.05) is 35.0 Å². The number of rotatable bonds is 5. The summed E-state index contributed by atoms with van der Waals surface area (Å²) >= 11 is 7.77. The van der Waals surface area contributed by atoms with E-state index in [9.17, 15) is 4.79 Å². The third-order valence-corrected chi connectivity index (χ3v) is 5.67. The molecule has 7 heteroatoms. The van der Waals surface area contributed by atoms with Gasteiger partial charge in [0, 0.05) is 22.4 Å². The van der Waals surface area contributed by atoms with Crippen LogP contribution in [0.3, 0.4) is 0 Å². The molecule has 0 spiro atoms. The zero-order valence-corrected chi connectivity index (χ0v) is 15.2. The first kappa shape index (κ1) is 16.3. The Morgan fingerprint density at radius 2 is 2.20 bits per heavy atom. The van der Waals surface area contributed by atoms with Crippen LogP contribution in [0.5, 0.6) is 0 Å². The third kappa shape index (κ3) is 3.45. The lowest BCUT2D eigenvalue weighted by Crippen LogP contribution is -2.22. The molecule has 0 unspecified atom stereocenters. The molecule has 0 atom stereocenters. The van der Waals surface area contributed by atoms with Crippen molar-refractivity contribution in [2.45, 2.75) is 32.2 Å². The normalized spacial score (nSPS) is 13.8. The fourth-order valence-corrected chi connectivity index (χ4v) is 3.87. The highest BCUT2D eigenvalue weighted by atomic mass is 35.5. The summed E-state index contributed by atoms with van der Waals surface area (Å²) in [6, 6.07) is 9.35. The Morgan fingerprint density at radius 1 is 1.40 bits per heavy atom. The summed E-state index contributed by atoms with van der Waals surface area (Å²) in [7, 11) is 0. The van der Waals surface area contributed by atoms with Gasteiger partial charge in [-0.25, -0.2) is 4.98 Å². The van der Waals surface area contributed by atoms with Crippen LogP contribution in [0.4, 0.5) is 0 Å². The maximum Gasteiger partial charge on any atom is 0.273 e. The summed E-state index contributed by atoms with van der Waals surface area (Å²) in [4.78, 5) is 17.8. The molecular weight excluding hydrogens is 358 g/mol. The van der Waals surface area contributed by atoms with Gasteiger partial charge in [0.2, 0.25) is 0 Å². The topological polar surface area (TPSA) is 68.0 Å². The van der Waals surface area contributed by atoms with Crippen molar-refractivity contribution < 1.29 is 9.32 Å². The first-order valence-electron chi connectivity index (χ1n) is 8.08. The molecular formula is C18H16ClN3O2S. The van der Waals surface area contributed by atoms with E-state index in [1.165, 1.54) is 11.3 Å². The number of halogens is 1. The Morgan fingerprint density at radius 3 is 2.96 bits per heavy atom. The SMILES string of the molecule is Cc1nc(-c2ccccc2Cl)sc1CNC(=O)c1cc(C2CC2)on1. The van der Waals surface area contributed by atoms with Crippen LogP contribution in [0.1, 0.15) is 45.6 Å². The van der Waals surface area contributed by atoms with Crippen molar-refractivity contribution in [3.05, 3.63) is 57.4 Å². The van der Waals surface area contributed by atoms with Crippen molar-refractivity contribution in [1.29, 1.82) is 0 Å². The summed E-state index contributed by atoms with van der Waals surface area (Å²) < 4.78 is 5.23. The number of nitrogens with zero attached hydrogens (tertiary/aromatic N) is 2. The summed E-state index contributed by atoms with van der Waals surface area (Å²) in [6.07, 6.45) is 2.22. The highest BCUT2D eigenvalue weighted by Crippen LogP contribution is 2.40. The highest BCUT2D eigenvalue weighted by molar-refractivity contribution is 7.15. The molecule has 0 aliphatic heterocycles. The zero-order valence-electron chi connectivity index (χ0n) is 13.6. The fourth-order valence-electron chi connectivity index (χ4n) is 2.55. The number of hydrogen-bond acceptors (Lipinski definition) is 5. The van der Waals surface area contributed by atoms with Crippen LogP contribution in [-0.4, -0.2) is 16.0 Å². The number of thiazole rings is 1. The second kappa shape index (κ2) is 6.61. The number of amides is 1. The molecule has 1 aliphatic rings. The lowest BCUT2D eigenvalue weighted by Gasteiger charge is -2.01. The number of aromatic nitrogens is 2. The van der Waals surface area contributed by atoms with Gasteiger partial charge in [-0.15, -0.1) is 11.3 Å². The Balaban J connectivity index is 1.45. The molecule has 128 valence electrons. The van der Waals surface area contributed by atoms with Crippen LogP contribution in [-0.2, 0) is 6.54 Å². The molecule has 2 heterocycles. The first-order valence-corrected chi connectivity index (χ1v) is 9.27. The van der Waals surface area contributed by atoms with Gasteiger partial charge in [0.15, 0.2) is 5.69 Å². The van der Waals surface area contributed by atoms with Crippen LogP contribution < -0.4 is 5.32 Å². The van der Waals surface area contributed by atoms with E-state index in [0.717, 1.165) is 39.7 Å². The Kier molecular flexibility index (Phi) is 4.31. The molecule has 1 N–H and O–H groups in total. The molecule has 25 heavy (non-hydrogen) atoms. The number of benzene rings is 1. The minimum absolute atomic E-state index is 0.234. The lowest BCUT2D eigenvalue weighted by atomic mass is 10.2. The van der Waals surface area contributed by atoms with Crippen molar-refractivity contribution in [3.63, 3.8) is 0 Å². The molecule has 2 aromatic heterocycles. The molecule has 1 aromatic carbocycles. The second-order valence-electron chi connectivity index (χ2n) is 6.08. The van der Waals surface area contributed by atoms with E-state index in [4.69, 9.17) is 16.1 Å². The van der Waals surface area contributed by atoms with Crippen LogP contribution >= 0.6 is 22.9 Å². The van der Waals surface area contributed by atoms with E-state index in [1.807, 2.05) is 31.2 Å². The molecule has 4 rings (SSSR count). The number of carbonyl (C=O) groups excluding carboxylic acids is 1. The van der Waals surface area contributed by atoms with E-state index in [-0.39, 0.29) is 5.91 Å². The van der Waals surface area contributed by atoms with Gasteiger partial charge in [0.25, 0.3) is 5.91 Å². The van der Waals surface area contributed by atoms with E-state index in [2.05, 4.69) is 15.5 Å². The van der Waals surface area contributed by atoms with Crippen molar-refractivity contribution in [3.8, 4) is 10.6 Å². The number of aryl methyl sites for hydroxylation is 1. The predicted molar refractivity (Wildman–Crippen MR) is 96.9 cm³/mol. The second-order valence-corrected chi connectivity index (χ2v) is 7.57. The molecule has 1 aliphatic carbocycles. The number of hydrogen-bond donors (Lipinski definition) is 1. The first-order chi connectivity index (χ1) is 12.1. The molecule has 1 fully saturated rings. The lowest BCUT2D eigenvalue weighted by molar-refractivity contribution is 0.0942. The van der Waals surface area contributed by atoms with Crippen LogP contribution in [0.15, 0.2) is 34.9 Å². The summed E-state index contributed by atoms with van der Waals surface area (Å²) in [5.41, 5.74) is 2.12. The maximum absolute atomic E-state index is 12.2. The molecule has 0 saturated heterocycles. The molecule has 0 bridgehead atoms. The maximum atomic E-state index is 12.2. The van der Waals surface area contributed by atoms with E-state index in [1.54, 1.807) is 6.07 Å². The van der Waals surface area contributed by atoms with E-state index >= 15 is 0 Å². The van der Waals surface area contributed by atoms with Gasteiger partial charge >= 0.3 is 0 Å². The van der Waals surface area contributed by atoms with Gasteiger partial charge < -0.3 is 9.84 Å². The van der Waals surface area contributed by atoms with Crippen molar-refractivity contribution >= 4 is 28.8 Å². The van der Waals surface area contributed by atoms with E-state index < -0.39 is 0 Å². The zero-order chi connectivity index (χ0) is 17.4. The standard InChI is InChI=1S/C18H16ClN3O2S/c1-10-16(25-18(21-10)12-4-2-3-5-13(12)19)9-20-17(23)14-8-15(24-22-14)11-6-7-11/h2-5,8,11H,6-7,9H2,1H3,(H,20,23). The summed E-state index contributed by atoms with van der Waals surface area (Å²) in [5.74, 6) is 1.01. The quantitative estimate of drug-likeness (QED) is 0.711. The highest BCUT2D eigenvalue weighted by Gasteiger charge is 2.28. The van der Waals surface area contributed by atoms with Crippen LogP contribution in [0.2, 0.25) is 5.02 Å². The minimum Gasteiger partial charge on any atom is -0.360 e. The van der Waals surface area contributed by atoms with Crippen LogP contribution in [0.25, 0.3) is 10.6 Å². The summed E-state index contributed by atoms with van der Waals surface area (Å²) in [5, 5.41) is 8.26. The van der Waals surface area contributed by atoms with Crippen molar-refractivity contribution in [2.24, 2.45) is 0 Å². The van der Waals surface area contributed by atoms with Crippen molar-refractivity contribution in [1.82, 2.24) is 15.5 Å². The largest absolute Gasteiger partial charge is 0.360 e. The monoisotopic (exact) mass is 373 g/mol. The smallest absolute Gasteiger partial charge is 0.273 e. The Bertz CT molecular complexity index is 930. The van der Waals surface area contributed by atoms with Crippen LogP contribution in [0, 0.1) is 6.92 Å². The molecule has 3 aromatic rings. The average Bonchev–Trinajstić information content (AvgIpc) is 3.22. The molecule has 1 amide bonds. The number of nitrogens with one attached hydrogen (secondary N) is 1. The number of carbonyl (C=O) groups is 1. The summed E-state index contributed by atoms with van der Waals surface area (Å²) in [6.45, 7) is 2.33. The fraction of sp³-hybridized carbons (Fsp3) is 0.278. The van der Waals surface area contributed by atoms with Gasteiger partial charge in [0.1, 0.15) is 10.8 Å². The van der Waals surface area contributed by atoms with Gasteiger partial charge in [-0.3, -0.25) is 4.79 Å². The van der Waals surface area contributed by atoms with Gasteiger partial charge in [-0.05, 0) is 25.8 Å². The molecule has 0 radical (unpaired) electrons. The van der Waals surface area contributed by atoms with Crippen molar-refractivity contribution in [2.75, 3.05) is 0 Å². The Labute approximate surface area is 154 Å².